The molecule has 3 aromatic carbocycles. The molecule has 0 aliphatic carbocycles. The number of carbonyl (C=O) groups is 2. The number of anilines is 1. The monoisotopic (exact) mass is 619 g/mol. The number of sulfonamides is 1. The van der Waals surface area contributed by atoms with Gasteiger partial charge < -0.3 is 15.0 Å². The molecule has 41 heavy (non-hydrogen) atoms. The van der Waals surface area contributed by atoms with Gasteiger partial charge in [0.2, 0.25) is 11.8 Å². The third-order valence-electron chi connectivity index (χ3n) is 6.37. The molecular formula is C30H35Cl2N3O5S. The van der Waals surface area contributed by atoms with Crippen molar-refractivity contribution in [3.8, 4) is 5.75 Å². The largest absolute Gasteiger partial charge is 0.494 e. The first kappa shape index (κ1) is 32.2. The van der Waals surface area contributed by atoms with E-state index in [2.05, 4.69) is 5.32 Å². The molecule has 0 saturated carbocycles. The second-order valence-corrected chi connectivity index (χ2v) is 11.9. The number of carbonyl (C=O) groups excluding carboxylic acids is 2. The van der Waals surface area contributed by atoms with E-state index in [4.69, 9.17) is 27.9 Å². The number of ether oxygens (including phenoxy) is 1. The molecule has 11 heteroatoms. The summed E-state index contributed by atoms with van der Waals surface area (Å²) in [5, 5.41) is 3.51. The van der Waals surface area contributed by atoms with Crippen molar-refractivity contribution in [2.45, 2.75) is 51.1 Å². The molecule has 0 aromatic heterocycles. The minimum atomic E-state index is -4.17. The van der Waals surface area contributed by atoms with Gasteiger partial charge in [0.05, 0.1) is 17.2 Å². The topological polar surface area (TPSA) is 96.0 Å². The van der Waals surface area contributed by atoms with E-state index in [0.717, 1.165) is 4.31 Å². The van der Waals surface area contributed by atoms with Crippen molar-refractivity contribution in [3.63, 3.8) is 0 Å². The molecule has 1 N–H and O–H groups in total. The van der Waals surface area contributed by atoms with Gasteiger partial charge in [-0.05, 0) is 68.3 Å². The summed E-state index contributed by atoms with van der Waals surface area (Å²) in [4.78, 5) is 28.7. The van der Waals surface area contributed by atoms with Crippen molar-refractivity contribution in [2.75, 3.05) is 24.0 Å². The number of nitrogens with zero attached hydrogens (tertiary/aromatic N) is 2. The van der Waals surface area contributed by atoms with E-state index < -0.39 is 28.5 Å². The van der Waals surface area contributed by atoms with Crippen molar-refractivity contribution >= 4 is 50.7 Å². The molecule has 0 aliphatic rings. The molecule has 8 nitrogen and oxygen atoms in total. The van der Waals surface area contributed by atoms with E-state index >= 15 is 0 Å². The predicted octanol–water partition coefficient (Wildman–Crippen LogP) is 5.92. The standard InChI is InChI=1S/C30H35Cl2N3O5S/c1-4-19-33-30(37)28(5-2)34(20-25-26(31)13-10-14-27(25)32)29(36)21-35(22-15-17-23(18-16-22)40-6-3)41(38,39)24-11-8-7-9-12-24/h7-18,28H,4-6,19-21H2,1-3H3,(H,33,37)/t28-/m1/s1. The SMILES string of the molecule is CCCNC(=O)[C@@H](CC)N(Cc1c(Cl)cccc1Cl)C(=O)CN(c1ccc(OCC)cc1)S(=O)(=O)c1ccccc1. The van der Waals surface area contributed by atoms with E-state index in [0.29, 0.717) is 40.9 Å². The molecule has 0 aliphatic heterocycles. The highest BCUT2D eigenvalue weighted by molar-refractivity contribution is 7.92. The van der Waals surface area contributed by atoms with Crippen molar-refractivity contribution in [1.29, 1.82) is 0 Å². The van der Waals surface area contributed by atoms with Gasteiger partial charge in [-0.3, -0.25) is 13.9 Å². The van der Waals surface area contributed by atoms with Gasteiger partial charge >= 0.3 is 0 Å². The Morgan fingerprint density at radius 1 is 0.902 bits per heavy atom. The highest BCUT2D eigenvalue weighted by Crippen LogP contribution is 2.29. The zero-order chi connectivity index (χ0) is 30.0. The van der Waals surface area contributed by atoms with E-state index in [1.54, 1.807) is 67.6 Å². The minimum absolute atomic E-state index is 0.0233. The fraction of sp³-hybridized carbons (Fsp3) is 0.333. The maximum Gasteiger partial charge on any atom is 0.264 e. The number of rotatable bonds is 14. The number of hydrogen-bond donors (Lipinski definition) is 1. The summed E-state index contributed by atoms with van der Waals surface area (Å²) in [6.45, 7) is 5.79. The van der Waals surface area contributed by atoms with Crippen LogP contribution in [0.5, 0.6) is 5.75 Å². The van der Waals surface area contributed by atoms with E-state index in [1.807, 2.05) is 13.8 Å². The molecule has 3 aromatic rings. The van der Waals surface area contributed by atoms with Crippen LogP contribution in [0.2, 0.25) is 10.0 Å². The number of halogens is 2. The Bertz CT molecular complexity index is 1400. The molecule has 220 valence electrons. The highest BCUT2D eigenvalue weighted by Gasteiger charge is 2.34. The second kappa shape index (κ2) is 15.1. The van der Waals surface area contributed by atoms with Crippen molar-refractivity contribution in [3.05, 3.63) is 88.4 Å². The van der Waals surface area contributed by atoms with Crippen molar-refractivity contribution in [1.82, 2.24) is 10.2 Å². The maximum atomic E-state index is 14.1. The lowest BCUT2D eigenvalue weighted by molar-refractivity contribution is -0.140. The molecule has 3 rings (SSSR count). The normalized spacial score (nSPS) is 11.9. The Morgan fingerprint density at radius 3 is 2.10 bits per heavy atom. The molecule has 0 radical (unpaired) electrons. The van der Waals surface area contributed by atoms with E-state index in [1.165, 1.54) is 17.0 Å². The van der Waals surface area contributed by atoms with Crippen LogP contribution in [-0.4, -0.2) is 50.9 Å². The lowest BCUT2D eigenvalue weighted by Gasteiger charge is -2.33. The Kier molecular flexibility index (Phi) is 11.9. The lowest BCUT2D eigenvalue weighted by atomic mass is 10.1. The molecule has 0 unspecified atom stereocenters. The first-order valence-electron chi connectivity index (χ1n) is 13.4. The average Bonchev–Trinajstić information content (AvgIpc) is 2.97. The molecule has 2 amide bonds. The number of benzene rings is 3. The smallest absolute Gasteiger partial charge is 0.264 e. The van der Waals surface area contributed by atoms with Crippen LogP contribution in [0.4, 0.5) is 5.69 Å². The van der Waals surface area contributed by atoms with Crippen LogP contribution in [0.15, 0.2) is 77.7 Å². The van der Waals surface area contributed by atoms with Crippen LogP contribution < -0.4 is 14.4 Å². The van der Waals surface area contributed by atoms with Gasteiger partial charge in [0.15, 0.2) is 0 Å². The Balaban J connectivity index is 2.08. The summed E-state index contributed by atoms with van der Waals surface area (Å²) in [5.41, 5.74) is 0.731. The predicted molar refractivity (Wildman–Crippen MR) is 163 cm³/mol. The molecule has 1 atom stereocenters. The van der Waals surface area contributed by atoms with Gasteiger partial charge in [-0.2, -0.15) is 0 Å². The number of nitrogens with one attached hydrogen (secondary N) is 1. The summed E-state index contributed by atoms with van der Waals surface area (Å²) in [5.74, 6) is -0.370. The van der Waals surface area contributed by atoms with Gasteiger partial charge in [-0.25, -0.2) is 8.42 Å². The van der Waals surface area contributed by atoms with Crippen LogP contribution in [0.3, 0.4) is 0 Å². The van der Waals surface area contributed by atoms with Crippen LogP contribution in [0.25, 0.3) is 0 Å². The lowest BCUT2D eigenvalue weighted by Crippen LogP contribution is -2.52. The second-order valence-electron chi connectivity index (χ2n) is 9.19. The molecular weight excluding hydrogens is 585 g/mol. The Labute approximate surface area is 252 Å². The Morgan fingerprint density at radius 2 is 1.54 bits per heavy atom. The first-order chi connectivity index (χ1) is 19.6. The third-order valence-corrected chi connectivity index (χ3v) is 8.87. The summed E-state index contributed by atoms with van der Waals surface area (Å²) in [6.07, 6.45) is 1.01. The molecule has 0 bridgehead atoms. The quantitative estimate of drug-likeness (QED) is 0.242. The fourth-order valence-electron chi connectivity index (χ4n) is 4.26. The Hall–Kier alpha value is -3.27. The van der Waals surface area contributed by atoms with Gasteiger partial charge in [0.25, 0.3) is 10.0 Å². The summed E-state index contributed by atoms with van der Waals surface area (Å²) < 4.78 is 34.3. The van der Waals surface area contributed by atoms with E-state index in [-0.39, 0.29) is 29.5 Å². The van der Waals surface area contributed by atoms with Crippen LogP contribution in [0, 0.1) is 0 Å². The van der Waals surface area contributed by atoms with Crippen LogP contribution in [-0.2, 0) is 26.2 Å². The fourth-order valence-corrected chi connectivity index (χ4v) is 6.22. The number of hydrogen-bond acceptors (Lipinski definition) is 5. The zero-order valence-electron chi connectivity index (χ0n) is 23.3. The molecule has 0 spiro atoms. The maximum absolute atomic E-state index is 14.1. The van der Waals surface area contributed by atoms with E-state index in [9.17, 15) is 18.0 Å². The summed E-state index contributed by atoms with van der Waals surface area (Å²) in [6, 6.07) is 18.4. The summed E-state index contributed by atoms with van der Waals surface area (Å²) in [7, 11) is -4.17. The van der Waals surface area contributed by atoms with Crippen LogP contribution >= 0.6 is 23.2 Å². The molecule has 0 heterocycles. The molecule has 0 fully saturated rings. The van der Waals surface area contributed by atoms with Gasteiger partial charge in [0.1, 0.15) is 18.3 Å². The first-order valence-corrected chi connectivity index (χ1v) is 15.6. The van der Waals surface area contributed by atoms with Gasteiger partial charge in [-0.1, -0.05) is 61.3 Å². The molecule has 0 saturated heterocycles. The van der Waals surface area contributed by atoms with Gasteiger partial charge in [0, 0.05) is 28.7 Å². The zero-order valence-corrected chi connectivity index (χ0v) is 25.7. The van der Waals surface area contributed by atoms with Crippen molar-refractivity contribution in [2.24, 2.45) is 0 Å². The van der Waals surface area contributed by atoms with Crippen molar-refractivity contribution < 1.29 is 22.7 Å². The van der Waals surface area contributed by atoms with Crippen LogP contribution in [0.1, 0.15) is 39.2 Å². The minimum Gasteiger partial charge on any atom is -0.494 e. The van der Waals surface area contributed by atoms with Gasteiger partial charge in [-0.15, -0.1) is 0 Å². The highest BCUT2D eigenvalue weighted by atomic mass is 35.5. The summed E-state index contributed by atoms with van der Waals surface area (Å²) >= 11 is 12.9. The third kappa shape index (κ3) is 8.15. The number of amides is 2. The average molecular weight is 621 g/mol.